The molecule has 0 fully saturated rings. The molecule has 0 aliphatic heterocycles. The first-order valence-corrected chi connectivity index (χ1v) is 6.98. The number of carbonyl (C=O) groups is 1. The van der Waals surface area contributed by atoms with E-state index >= 15 is 0 Å². The van der Waals surface area contributed by atoms with Gasteiger partial charge in [0.05, 0.1) is 21.6 Å². The molecule has 0 aliphatic rings. The normalized spacial score (nSPS) is 11.3. The number of hydrogen-bond acceptors (Lipinski definition) is 4. The van der Waals surface area contributed by atoms with Crippen LogP contribution in [0.15, 0.2) is 23.1 Å². The fraction of sp³-hybridized carbons (Fsp3) is 0.273. The number of carboxylic acids is 1. The van der Waals surface area contributed by atoms with Crippen LogP contribution in [-0.2, 0) is 10.0 Å². The third kappa shape index (κ3) is 3.44. The quantitative estimate of drug-likeness (QED) is 0.890. The molecule has 1 N–H and O–H groups in total. The molecule has 8 heteroatoms. The van der Waals surface area contributed by atoms with Gasteiger partial charge in [0, 0.05) is 20.0 Å². The Morgan fingerprint density at radius 3 is 2.63 bits per heavy atom. The van der Waals surface area contributed by atoms with Crippen LogP contribution < -0.4 is 0 Å². The molecule has 0 saturated heterocycles. The molecule has 0 bridgehead atoms. The molecule has 0 unspecified atom stereocenters. The monoisotopic (exact) mass is 302 g/mol. The number of nitriles is 1. The van der Waals surface area contributed by atoms with E-state index in [0.29, 0.717) is 0 Å². The third-order valence-electron chi connectivity index (χ3n) is 2.42. The van der Waals surface area contributed by atoms with Crippen molar-refractivity contribution in [3.63, 3.8) is 0 Å². The molecule has 19 heavy (non-hydrogen) atoms. The maximum absolute atomic E-state index is 12.1. The van der Waals surface area contributed by atoms with Gasteiger partial charge >= 0.3 is 5.97 Å². The number of benzene rings is 1. The molecule has 0 saturated carbocycles. The topological polar surface area (TPSA) is 98.5 Å². The largest absolute Gasteiger partial charge is 0.478 e. The molecule has 102 valence electrons. The molecule has 1 aromatic rings. The number of halogens is 1. The van der Waals surface area contributed by atoms with Gasteiger partial charge in [0.2, 0.25) is 10.0 Å². The van der Waals surface area contributed by atoms with E-state index in [2.05, 4.69) is 0 Å². The van der Waals surface area contributed by atoms with Gasteiger partial charge in [-0.3, -0.25) is 0 Å². The standard InChI is InChI=1S/C11H11ClN2O4S/c1-14(6-2-5-13)19(17,18)8-3-4-9(11(15)16)10(12)7-8/h3-4,7H,2,6H2,1H3,(H,15,16). The average molecular weight is 303 g/mol. The van der Waals surface area contributed by atoms with E-state index in [1.807, 2.05) is 6.07 Å². The molecule has 0 aromatic heterocycles. The summed E-state index contributed by atoms with van der Waals surface area (Å²) in [5, 5.41) is 17.1. The lowest BCUT2D eigenvalue weighted by atomic mass is 10.2. The van der Waals surface area contributed by atoms with Gasteiger partial charge in [-0.2, -0.15) is 9.57 Å². The van der Waals surface area contributed by atoms with Gasteiger partial charge in [-0.05, 0) is 18.2 Å². The minimum atomic E-state index is -3.77. The zero-order valence-corrected chi connectivity index (χ0v) is 11.6. The van der Waals surface area contributed by atoms with E-state index in [4.69, 9.17) is 22.0 Å². The van der Waals surface area contributed by atoms with Crippen LogP contribution in [0, 0.1) is 11.3 Å². The van der Waals surface area contributed by atoms with Gasteiger partial charge in [0.1, 0.15) is 0 Å². The number of hydrogen-bond donors (Lipinski definition) is 1. The van der Waals surface area contributed by atoms with Crippen LogP contribution in [0.1, 0.15) is 16.8 Å². The SMILES string of the molecule is CN(CCC#N)S(=O)(=O)c1ccc(C(=O)O)c(Cl)c1. The van der Waals surface area contributed by atoms with Gasteiger partial charge in [-0.15, -0.1) is 0 Å². The van der Waals surface area contributed by atoms with Crippen LogP contribution in [0.3, 0.4) is 0 Å². The zero-order chi connectivity index (χ0) is 14.6. The minimum Gasteiger partial charge on any atom is -0.478 e. The van der Waals surface area contributed by atoms with Crippen molar-refractivity contribution in [2.24, 2.45) is 0 Å². The maximum Gasteiger partial charge on any atom is 0.337 e. The smallest absolute Gasteiger partial charge is 0.337 e. The second-order valence-electron chi connectivity index (χ2n) is 3.68. The van der Waals surface area contributed by atoms with Gasteiger partial charge in [-0.25, -0.2) is 13.2 Å². The predicted molar refractivity (Wildman–Crippen MR) is 68.5 cm³/mol. The molecular weight excluding hydrogens is 292 g/mol. The first-order chi connectivity index (χ1) is 8.80. The van der Waals surface area contributed by atoms with Gasteiger partial charge in [0.15, 0.2) is 0 Å². The molecule has 1 aromatic carbocycles. The van der Waals surface area contributed by atoms with Crippen LogP contribution >= 0.6 is 11.6 Å². The Balaban J connectivity index is 3.13. The zero-order valence-electron chi connectivity index (χ0n) is 10.00. The highest BCUT2D eigenvalue weighted by Crippen LogP contribution is 2.22. The summed E-state index contributed by atoms with van der Waals surface area (Å²) >= 11 is 5.72. The number of carboxylic acid groups (broad SMARTS) is 1. The minimum absolute atomic E-state index is 0.0527. The maximum atomic E-state index is 12.1. The number of aromatic carboxylic acids is 1. The van der Waals surface area contributed by atoms with Crippen molar-refractivity contribution in [2.45, 2.75) is 11.3 Å². The van der Waals surface area contributed by atoms with E-state index < -0.39 is 16.0 Å². The van der Waals surface area contributed by atoms with Gasteiger partial charge in [-0.1, -0.05) is 11.6 Å². The Labute approximate surface area is 115 Å². The number of rotatable bonds is 5. The van der Waals surface area contributed by atoms with Crippen LogP contribution in [0.5, 0.6) is 0 Å². The van der Waals surface area contributed by atoms with Crippen LogP contribution in [0.25, 0.3) is 0 Å². The second-order valence-corrected chi connectivity index (χ2v) is 6.13. The summed E-state index contributed by atoms with van der Waals surface area (Å²) in [6.45, 7) is 0.0527. The highest BCUT2D eigenvalue weighted by molar-refractivity contribution is 7.89. The Morgan fingerprint density at radius 1 is 1.53 bits per heavy atom. The average Bonchev–Trinajstić information content (AvgIpc) is 2.35. The molecular formula is C11H11ClN2O4S. The summed E-state index contributed by atoms with van der Waals surface area (Å²) in [5.41, 5.74) is -0.166. The summed E-state index contributed by atoms with van der Waals surface area (Å²) in [5.74, 6) is -1.23. The fourth-order valence-corrected chi connectivity index (χ4v) is 2.86. The Kier molecular flexibility index (Phi) is 4.89. The lowest BCUT2D eigenvalue weighted by Gasteiger charge is -2.16. The van der Waals surface area contributed by atoms with E-state index in [-0.39, 0.29) is 28.4 Å². The van der Waals surface area contributed by atoms with Crippen molar-refractivity contribution < 1.29 is 18.3 Å². The van der Waals surface area contributed by atoms with Crippen LogP contribution in [0.4, 0.5) is 0 Å². The van der Waals surface area contributed by atoms with Crippen molar-refractivity contribution in [3.05, 3.63) is 28.8 Å². The molecule has 0 heterocycles. The lowest BCUT2D eigenvalue weighted by molar-refractivity contribution is 0.0697. The first-order valence-electron chi connectivity index (χ1n) is 5.17. The summed E-state index contributed by atoms with van der Waals surface area (Å²) in [7, 11) is -2.43. The van der Waals surface area contributed by atoms with Crippen molar-refractivity contribution in [1.29, 1.82) is 5.26 Å². The third-order valence-corrected chi connectivity index (χ3v) is 4.58. The van der Waals surface area contributed by atoms with Crippen molar-refractivity contribution >= 4 is 27.6 Å². The van der Waals surface area contributed by atoms with Crippen molar-refractivity contribution in [2.75, 3.05) is 13.6 Å². The lowest BCUT2D eigenvalue weighted by Crippen LogP contribution is -2.27. The Hall–Kier alpha value is -1.62. The number of sulfonamides is 1. The van der Waals surface area contributed by atoms with E-state index in [1.165, 1.54) is 13.1 Å². The van der Waals surface area contributed by atoms with Crippen molar-refractivity contribution in [3.8, 4) is 6.07 Å². The Bertz CT molecular complexity index is 637. The summed E-state index contributed by atoms with van der Waals surface area (Å²) in [6, 6.07) is 5.24. The molecule has 0 spiro atoms. The highest BCUT2D eigenvalue weighted by atomic mass is 35.5. The van der Waals surface area contributed by atoms with Crippen molar-refractivity contribution in [1.82, 2.24) is 4.31 Å². The first kappa shape index (κ1) is 15.4. The summed E-state index contributed by atoms with van der Waals surface area (Å²) in [6.07, 6.45) is 0.0661. The second kappa shape index (κ2) is 6.02. The summed E-state index contributed by atoms with van der Waals surface area (Å²) < 4.78 is 25.2. The predicted octanol–water partition coefficient (Wildman–Crippen LogP) is 1.57. The Morgan fingerprint density at radius 2 is 2.16 bits per heavy atom. The summed E-state index contributed by atoms with van der Waals surface area (Å²) in [4.78, 5) is 10.7. The van der Waals surface area contributed by atoms with Gasteiger partial charge in [0.25, 0.3) is 0 Å². The highest BCUT2D eigenvalue weighted by Gasteiger charge is 2.22. The van der Waals surface area contributed by atoms with Gasteiger partial charge < -0.3 is 5.11 Å². The van der Waals surface area contributed by atoms with Crippen LogP contribution in [-0.4, -0.2) is 37.4 Å². The molecule has 6 nitrogen and oxygen atoms in total. The van der Waals surface area contributed by atoms with E-state index in [1.54, 1.807) is 0 Å². The molecule has 0 amide bonds. The van der Waals surface area contributed by atoms with E-state index in [9.17, 15) is 13.2 Å². The van der Waals surface area contributed by atoms with E-state index in [0.717, 1.165) is 16.4 Å². The molecule has 0 aliphatic carbocycles. The fourth-order valence-electron chi connectivity index (χ4n) is 1.34. The molecule has 1 rings (SSSR count). The van der Waals surface area contributed by atoms with Crippen LogP contribution in [0.2, 0.25) is 5.02 Å². The number of nitrogens with zero attached hydrogens (tertiary/aromatic N) is 2. The molecule has 0 radical (unpaired) electrons. The molecule has 0 atom stereocenters.